The van der Waals surface area contributed by atoms with E-state index in [1.54, 1.807) is 30.3 Å². The Labute approximate surface area is 201 Å². The van der Waals surface area contributed by atoms with Crippen molar-refractivity contribution in [3.63, 3.8) is 0 Å². The van der Waals surface area contributed by atoms with Crippen LogP contribution in [-0.4, -0.2) is 25.1 Å². The second-order valence-corrected chi connectivity index (χ2v) is 7.75. The van der Waals surface area contributed by atoms with Gasteiger partial charge in [0.2, 0.25) is 0 Å². The van der Waals surface area contributed by atoms with Crippen molar-refractivity contribution < 1.29 is 19.1 Å². The van der Waals surface area contributed by atoms with E-state index < -0.39 is 11.8 Å². The van der Waals surface area contributed by atoms with Crippen molar-refractivity contribution in [3.05, 3.63) is 87.4 Å². The van der Waals surface area contributed by atoms with Crippen LogP contribution in [0.1, 0.15) is 16.7 Å². The van der Waals surface area contributed by atoms with Gasteiger partial charge in [-0.1, -0.05) is 59.1 Å². The van der Waals surface area contributed by atoms with Crippen LogP contribution in [0, 0.1) is 6.92 Å². The number of carbonyl (C=O) groups is 2. The highest BCUT2D eigenvalue weighted by atomic mass is 35.5. The maximum absolute atomic E-state index is 12.0. The van der Waals surface area contributed by atoms with Gasteiger partial charge in [0.05, 0.1) is 18.3 Å². The summed E-state index contributed by atoms with van der Waals surface area (Å²) in [5.74, 6) is -1.03. The summed E-state index contributed by atoms with van der Waals surface area (Å²) < 4.78 is 11.2. The molecule has 0 saturated carbocycles. The van der Waals surface area contributed by atoms with Gasteiger partial charge in [-0.3, -0.25) is 9.59 Å². The average Bonchev–Trinajstić information content (AvgIpc) is 2.80. The molecule has 0 aliphatic heterocycles. The average molecular weight is 486 g/mol. The van der Waals surface area contributed by atoms with Crippen LogP contribution in [0.5, 0.6) is 11.5 Å². The van der Waals surface area contributed by atoms with Crippen molar-refractivity contribution in [1.82, 2.24) is 5.43 Å². The number of ether oxygens (including phenoxy) is 2. The Hall–Kier alpha value is -3.55. The number of hydrazone groups is 1. The molecule has 0 saturated heterocycles. The number of anilines is 1. The Morgan fingerprint density at radius 1 is 1.00 bits per heavy atom. The van der Waals surface area contributed by atoms with Crippen molar-refractivity contribution in [2.24, 2.45) is 5.10 Å². The molecule has 0 radical (unpaired) electrons. The molecule has 33 heavy (non-hydrogen) atoms. The number of aryl methyl sites for hydroxylation is 1. The zero-order chi connectivity index (χ0) is 23.8. The molecule has 9 heteroatoms. The van der Waals surface area contributed by atoms with Crippen molar-refractivity contribution in [2.75, 3.05) is 12.4 Å². The molecule has 3 aromatic carbocycles. The van der Waals surface area contributed by atoms with E-state index in [1.165, 1.54) is 13.3 Å². The number of hydrogen-bond acceptors (Lipinski definition) is 5. The Morgan fingerprint density at radius 3 is 2.42 bits per heavy atom. The minimum atomic E-state index is -0.912. The van der Waals surface area contributed by atoms with E-state index in [4.69, 9.17) is 32.7 Å². The van der Waals surface area contributed by atoms with E-state index >= 15 is 0 Å². The molecule has 0 atom stereocenters. The first-order valence-corrected chi connectivity index (χ1v) is 10.6. The minimum Gasteiger partial charge on any atom is -0.493 e. The first kappa shape index (κ1) is 24.1. The number of nitrogens with zero attached hydrogens (tertiary/aromatic N) is 1. The summed E-state index contributed by atoms with van der Waals surface area (Å²) in [4.78, 5) is 24.0. The third kappa shape index (κ3) is 6.71. The van der Waals surface area contributed by atoms with E-state index in [0.717, 1.165) is 11.1 Å². The lowest BCUT2D eigenvalue weighted by molar-refractivity contribution is -0.136. The predicted molar refractivity (Wildman–Crippen MR) is 129 cm³/mol. The number of halogens is 2. The zero-order valence-corrected chi connectivity index (χ0v) is 19.4. The number of hydrogen-bond donors (Lipinski definition) is 2. The van der Waals surface area contributed by atoms with Gasteiger partial charge in [-0.15, -0.1) is 0 Å². The molecule has 7 nitrogen and oxygen atoms in total. The maximum atomic E-state index is 12.0. The number of carbonyl (C=O) groups excluding carboxylic acids is 2. The van der Waals surface area contributed by atoms with Crippen LogP contribution in [0.3, 0.4) is 0 Å². The van der Waals surface area contributed by atoms with Crippen molar-refractivity contribution >= 4 is 46.9 Å². The van der Waals surface area contributed by atoms with Gasteiger partial charge < -0.3 is 14.8 Å². The fourth-order valence-electron chi connectivity index (χ4n) is 2.76. The van der Waals surface area contributed by atoms with E-state index in [9.17, 15) is 9.59 Å². The fraction of sp³-hybridized carbons (Fsp3) is 0.125. The number of amides is 2. The first-order chi connectivity index (χ1) is 15.9. The molecular formula is C24H21Cl2N3O4. The summed E-state index contributed by atoms with van der Waals surface area (Å²) >= 11 is 12.5. The predicted octanol–water partition coefficient (Wildman–Crippen LogP) is 4.98. The summed E-state index contributed by atoms with van der Waals surface area (Å²) in [5, 5.41) is 7.17. The molecule has 0 aromatic heterocycles. The van der Waals surface area contributed by atoms with Crippen LogP contribution in [-0.2, 0) is 16.2 Å². The highest BCUT2D eigenvalue weighted by Crippen LogP contribution is 2.37. The van der Waals surface area contributed by atoms with Gasteiger partial charge >= 0.3 is 11.8 Å². The smallest absolute Gasteiger partial charge is 0.329 e. The standard InChI is InChI=1S/C24H21Cl2N3O4/c1-15-7-9-18(10-8-15)28-23(30)24(31)29-27-13-16-11-20(26)22(21(12-16)32-2)33-14-17-5-3-4-6-19(17)25/h3-13H,14H2,1-2H3,(H,28,30)(H,29,31)/b27-13-. The van der Waals surface area contributed by atoms with Gasteiger partial charge in [-0.25, -0.2) is 5.43 Å². The van der Waals surface area contributed by atoms with E-state index in [1.807, 2.05) is 37.3 Å². The zero-order valence-electron chi connectivity index (χ0n) is 17.9. The summed E-state index contributed by atoms with van der Waals surface area (Å²) in [6.45, 7) is 2.13. The van der Waals surface area contributed by atoms with Gasteiger partial charge in [-0.2, -0.15) is 5.10 Å². The minimum absolute atomic E-state index is 0.204. The molecular weight excluding hydrogens is 465 g/mol. The molecule has 2 N–H and O–H groups in total. The molecule has 0 heterocycles. The summed E-state index contributed by atoms with van der Waals surface area (Å²) in [5.41, 5.74) is 5.05. The van der Waals surface area contributed by atoms with Gasteiger partial charge in [-0.05, 0) is 42.8 Å². The van der Waals surface area contributed by atoms with Gasteiger partial charge in [0.15, 0.2) is 11.5 Å². The second kappa shape index (κ2) is 11.4. The van der Waals surface area contributed by atoms with Crippen molar-refractivity contribution in [3.8, 4) is 11.5 Å². The highest BCUT2D eigenvalue weighted by molar-refractivity contribution is 6.39. The van der Waals surface area contributed by atoms with E-state index in [0.29, 0.717) is 27.8 Å². The van der Waals surface area contributed by atoms with Gasteiger partial charge in [0.25, 0.3) is 0 Å². The molecule has 0 fully saturated rings. The summed E-state index contributed by atoms with van der Waals surface area (Å²) in [6.07, 6.45) is 1.34. The molecule has 0 spiro atoms. The maximum Gasteiger partial charge on any atom is 0.329 e. The van der Waals surface area contributed by atoms with Crippen LogP contribution >= 0.6 is 23.2 Å². The van der Waals surface area contributed by atoms with Crippen molar-refractivity contribution in [1.29, 1.82) is 0 Å². The Morgan fingerprint density at radius 2 is 1.73 bits per heavy atom. The largest absolute Gasteiger partial charge is 0.493 e. The molecule has 3 aromatic rings. The highest BCUT2D eigenvalue weighted by Gasteiger charge is 2.14. The third-order valence-electron chi connectivity index (χ3n) is 4.48. The SMILES string of the molecule is COc1cc(/C=N\NC(=O)C(=O)Nc2ccc(C)cc2)cc(Cl)c1OCc1ccccc1Cl. The Bertz CT molecular complexity index is 1180. The molecule has 3 rings (SSSR count). The summed E-state index contributed by atoms with van der Waals surface area (Å²) in [7, 11) is 1.48. The molecule has 0 aliphatic carbocycles. The van der Waals surface area contributed by atoms with E-state index in [-0.39, 0.29) is 11.6 Å². The lowest BCUT2D eigenvalue weighted by atomic mass is 10.2. The van der Waals surface area contributed by atoms with Gasteiger partial charge in [0.1, 0.15) is 6.61 Å². The lowest BCUT2D eigenvalue weighted by Gasteiger charge is -2.14. The third-order valence-corrected chi connectivity index (χ3v) is 5.13. The second-order valence-electron chi connectivity index (χ2n) is 6.93. The number of methoxy groups -OCH3 is 1. The Kier molecular flexibility index (Phi) is 8.29. The van der Waals surface area contributed by atoms with Crippen LogP contribution in [0.25, 0.3) is 0 Å². The van der Waals surface area contributed by atoms with Crippen LogP contribution < -0.4 is 20.2 Å². The number of benzene rings is 3. The van der Waals surface area contributed by atoms with Crippen LogP contribution in [0.2, 0.25) is 10.0 Å². The lowest BCUT2D eigenvalue weighted by Crippen LogP contribution is -2.32. The number of nitrogens with one attached hydrogen (secondary N) is 2. The topological polar surface area (TPSA) is 89.0 Å². The van der Waals surface area contributed by atoms with Crippen LogP contribution in [0.4, 0.5) is 5.69 Å². The number of rotatable bonds is 7. The first-order valence-electron chi connectivity index (χ1n) is 9.82. The molecule has 2 amide bonds. The normalized spacial score (nSPS) is 10.7. The Balaban J connectivity index is 1.62. The summed E-state index contributed by atoms with van der Waals surface area (Å²) in [6, 6.07) is 17.6. The fourth-order valence-corrected chi connectivity index (χ4v) is 3.22. The molecule has 0 aliphatic rings. The molecule has 170 valence electrons. The monoisotopic (exact) mass is 485 g/mol. The molecule has 0 unspecified atom stereocenters. The quantitative estimate of drug-likeness (QED) is 0.280. The van der Waals surface area contributed by atoms with Crippen molar-refractivity contribution in [2.45, 2.75) is 13.5 Å². The molecule has 0 bridgehead atoms. The van der Waals surface area contributed by atoms with Crippen LogP contribution in [0.15, 0.2) is 65.8 Å². The van der Waals surface area contributed by atoms with Gasteiger partial charge in [0, 0.05) is 16.3 Å². The van der Waals surface area contributed by atoms with E-state index in [2.05, 4.69) is 15.8 Å².